The van der Waals surface area contributed by atoms with Gasteiger partial charge in [0.25, 0.3) is 5.91 Å². The fraction of sp³-hybridized carbons (Fsp3) is 0.312. The molecule has 2 aromatic carbocycles. The van der Waals surface area contributed by atoms with Crippen molar-refractivity contribution in [3.8, 4) is 22.8 Å². The standard InChI is InChI=1S/C32H39N3O4/c1-22(27(38-7)11-9-8-10-20-37-6)21-34-30(36)28-29(23-14-18-26(33-5)19-15-23)39-31(35-28)24-12-16-25(17-13-24)32(2,3)4/h8-10,12-20,33H,11,21H2,1-7H3,(H,34,36)/b9-8?,20-10+,27-22-. The molecule has 0 aliphatic rings. The SMILES string of the molecule is CNc1ccc(-c2oc(-c3ccc(C(C)(C)C)cc3)nc2C(=O)NC/C(C)=C(/CC=C/C=C/OC)OC)cc1. The first-order chi connectivity index (χ1) is 18.7. The third-order valence-electron chi connectivity index (χ3n) is 6.28. The number of amides is 1. The molecule has 3 rings (SSSR count). The summed E-state index contributed by atoms with van der Waals surface area (Å²) in [6.07, 6.45) is 7.82. The molecule has 0 aliphatic heterocycles. The van der Waals surface area contributed by atoms with Gasteiger partial charge in [-0.3, -0.25) is 4.79 Å². The van der Waals surface area contributed by atoms with Crippen molar-refractivity contribution in [1.29, 1.82) is 0 Å². The molecule has 0 bridgehead atoms. The summed E-state index contributed by atoms with van der Waals surface area (Å²) in [5, 5.41) is 6.09. The predicted octanol–water partition coefficient (Wildman–Crippen LogP) is 7.10. The minimum Gasteiger partial charge on any atom is -0.504 e. The maximum Gasteiger partial charge on any atom is 0.274 e. The zero-order valence-electron chi connectivity index (χ0n) is 23.9. The van der Waals surface area contributed by atoms with E-state index in [-0.39, 0.29) is 17.0 Å². The van der Waals surface area contributed by atoms with Crippen LogP contribution in [0.3, 0.4) is 0 Å². The van der Waals surface area contributed by atoms with Crippen LogP contribution in [0.1, 0.15) is 50.2 Å². The Hall–Kier alpha value is -4.26. The van der Waals surface area contributed by atoms with Crippen molar-refractivity contribution >= 4 is 11.6 Å². The third-order valence-corrected chi connectivity index (χ3v) is 6.28. The summed E-state index contributed by atoms with van der Waals surface area (Å²) in [6, 6.07) is 15.8. The third kappa shape index (κ3) is 7.87. The van der Waals surface area contributed by atoms with Crippen molar-refractivity contribution in [2.45, 2.75) is 39.5 Å². The molecule has 39 heavy (non-hydrogen) atoms. The lowest BCUT2D eigenvalue weighted by Gasteiger charge is -2.18. The number of nitrogens with zero attached hydrogens (tertiary/aromatic N) is 1. The molecule has 1 heterocycles. The van der Waals surface area contributed by atoms with Crippen molar-refractivity contribution in [1.82, 2.24) is 10.3 Å². The summed E-state index contributed by atoms with van der Waals surface area (Å²) < 4.78 is 16.7. The van der Waals surface area contributed by atoms with Crippen molar-refractivity contribution in [2.75, 3.05) is 33.1 Å². The van der Waals surface area contributed by atoms with E-state index in [0.29, 0.717) is 24.6 Å². The molecule has 0 aliphatic carbocycles. The smallest absolute Gasteiger partial charge is 0.274 e. The Morgan fingerprint density at radius 2 is 1.67 bits per heavy atom. The second-order valence-electron chi connectivity index (χ2n) is 10.1. The van der Waals surface area contributed by atoms with Crippen molar-refractivity contribution in [2.24, 2.45) is 0 Å². The number of nitrogens with one attached hydrogen (secondary N) is 2. The van der Waals surface area contributed by atoms with Crippen molar-refractivity contribution in [3.05, 3.63) is 95.6 Å². The summed E-state index contributed by atoms with van der Waals surface area (Å²) in [6.45, 7) is 8.75. The first kappa shape index (κ1) is 29.3. The number of rotatable bonds is 11. The summed E-state index contributed by atoms with van der Waals surface area (Å²) in [7, 11) is 5.08. The van der Waals surface area contributed by atoms with E-state index in [2.05, 4.69) is 48.5 Å². The van der Waals surface area contributed by atoms with Crippen molar-refractivity contribution < 1.29 is 18.7 Å². The Balaban J connectivity index is 1.89. The number of allylic oxidation sites excluding steroid dienone is 3. The summed E-state index contributed by atoms with van der Waals surface area (Å²) >= 11 is 0. The van der Waals surface area contributed by atoms with E-state index in [1.165, 1.54) is 5.56 Å². The van der Waals surface area contributed by atoms with Gasteiger partial charge in [0.05, 0.1) is 26.2 Å². The first-order valence-corrected chi connectivity index (χ1v) is 12.9. The van der Waals surface area contributed by atoms with Gasteiger partial charge in [-0.25, -0.2) is 4.98 Å². The van der Waals surface area contributed by atoms with Crippen LogP contribution in [-0.2, 0) is 14.9 Å². The maximum absolute atomic E-state index is 13.4. The largest absolute Gasteiger partial charge is 0.504 e. The number of carbonyl (C=O) groups is 1. The molecule has 7 heteroatoms. The van der Waals surface area contributed by atoms with Crippen LogP contribution >= 0.6 is 0 Å². The molecule has 0 atom stereocenters. The zero-order chi connectivity index (χ0) is 28.4. The number of carbonyl (C=O) groups excluding carboxylic acids is 1. The molecular formula is C32H39N3O4. The van der Waals surface area contributed by atoms with E-state index in [1.807, 2.05) is 62.5 Å². The average Bonchev–Trinajstić information content (AvgIpc) is 3.39. The zero-order valence-corrected chi connectivity index (χ0v) is 23.9. The highest BCUT2D eigenvalue weighted by atomic mass is 16.5. The number of anilines is 1. The first-order valence-electron chi connectivity index (χ1n) is 12.9. The molecule has 0 saturated carbocycles. The van der Waals surface area contributed by atoms with Crippen LogP contribution in [-0.4, -0.2) is 38.7 Å². The number of oxazole rings is 1. The second-order valence-corrected chi connectivity index (χ2v) is 10.1. The van der Waals surface area contributed by atoms with E-state index >= 15 is 0 Å². The number of methoxy groups -OCH3 is 2. The Labute approximate surface area is 231 Å². The van der Waals surface area contributed by atoms with Gasteiger partial charge < -0.3 is 24.5 Å². The normalized spacial score (nSPS) is 12.5. The minimum atomic E-state index is -0.322. The molecule has 1 amide bonds. The number of ether oxygens (including phenoxy) is 2. The highest BCUT2D eigenvalue weighted by molar-refractivity contribution is 5.98. The van der Waals surface area contributed by atoms with Crippen LogP contribution in [0.5, 0.6) is 0 Å². The quantitative estimate of drug-likeness (QED) is 0.203. The van der Waals surface area contributed by atoms with Gasteiger partial charge in [0.2, 0.25) is 5.89 Å². The topological polar surface area (TPSA) is 85.6 Å². The Kier molecular flexibility index (Phi) is 10.1. The van der Waals surface area contributed by atoms with E-state index in [9.17, 15) is 4.79 Å². The molecule has 0 spiro atoms. The number of hydrogen-bond acceptors (Lipinski definition) is 6. The van der Waals surface area contributed by atoms with Crippen LogP contribution in [0.2, 0.25) is 0 Å². The number of hydrogen-bond donors (Lipinski definition) is 2. The molecule has 7 nitrogen and oxygen atoms in total. The Morgan fingerprint density at radius 3 is 2.26 bits per heavy atom. The molecular weight excluding hydrogens is 490 g/mol. The lowest BCUT2D eigenvalue weighted by atomic mass is 9.87. The Morgan fingerprint density at radius 1 is 1.00 bits per heavy atom. The van der Waals surface area contributed by atoms with Crippen LogP contribution in [0.15, 0.2) is 88.8 Å². The molecule has 0 unspecified atom stereocenters. The number of benzene rings is 2. The predicted molar refractivity (Wildman–Crippen MR) is 158 cm³/mol. The van der Waals surface area contributed by atoms with Gasteiger partial charge in [0.15, 0.2) is 11.5 Å². The van der Waals surface area contributed by atoms with Crippen LogP contribution in [0.4, 0.5) is 5.69 Å². The molecule has 3 aromatic rings. The summed E-state index contributed by atoms with van der Waals surface area (Å²) in [5.74, 6) is 1.27. The van der Waals surface area contributed by atoms with Crippen LogP contribution in [0.25, 0.3) is 22.8 Å². The van der Waals surface area contributed by atoms with Gasteiger partial charge in [-0.1, -0.05) is 45.1 Å². The Bertz CT molecular complexity index is 1330. The molecule has 206 valence electrons. The molecule has 1 aromatic heterocycles. The summed E-state index contributed by atoms with van der Waals surface area (Å²) in [5.41, 5.74) is 4.92. The van der Waals surface area contributed by atoms with Gasteiger partial charge in [0, 0.05) is 36.8 Å². The van der Waals surface area contributed by atoms with Gasteiger partial charge >= 0.3 is 0 Å². The number of aromatic nitrogens is 1. The molecule has 0 saturated heterocycles. The minimum absolute atomic E-state index is 0.0310. The van der Waals surface area contributed by atoms with E-state index in [1.54, 1.807) is 26.6 Å². The summed E-state index contributed by atoms with van der Waals surface area (Å²) in [4.78, 5) is 18.0. The van der Waals surface area contributed by atoms with Gasteiger partial charge in [-0.2, -0.15) is 0 Å². The van der Waals surface area contributed by atoms with E-state index in [4.69, 9.17) is 13.9 Å². The fourth-order valence-electron chi connectivity index (χ4n) is 3.90. The molecule has 2 N–H and O–H groups in total. The van der Waals surface area contributed by atoms with Crippen molar-refractivity contribution in [3.63, 3.8) is 0 Å². The van der Waals surface area contributed by atoms with Crippen LogP contribution < -0.4 is 10.6 Å². The van der Waals surface area contributed by atoms with Gasteiger partial charge in [0.1, 0.15) is 0 Å². The lowest BCUT2D eigenvalue weighted by molar-refractivity contribution is 0.0952. The van der Waals surface area contributed by atoms with Gasteiger partial charge in [-0.15, -0.1) is 0 Å². The fourth-order valence-corrected chi connectivity index (χ4v) is 3.90. The molecule has 0 fully saturated rings. The van der Waals surface area contributed by atoms with Gasteiger partial charge in [-0.05, 0) is 65.9 Å². The molecule has 0 radical (unpaired) electrons. The highest BCUT2D eigenvalue weighted by Gasteiger charge is 2.23. The average molecular weight is 530 g/mol. The lowest BCUT2D eigenvalue weighted by Crippen LogP contribution is -2.26. The van der Waals surface area contributed by atoms with E-state index in [0.717, 1.165) is 28.1 Å². The maximum atomic E-state index is 13.4. The van der Waals surface area contributed by atoms with Crippen LogP contribution in [0, 0.1) is 0 Å². The highest BCUT2D eigenvalue weighted by Crippen LogP contribution is 2.32. The van der Waals surface area contributed by atoms with E-state index < -0.39 is 0 Å². The monoisotopic (exact) mass is 529 g/mol. The second kappa shape index (κ2) is 13.5.